The fourth-order valence-electron chi connectivity index (χ4n) is 0.569. The standard InChI is InChI=1S/C6H11F2O2S/c1-2-3-4-5-11(9,10)6(7)8/h6H,1-5H2. The van der Waals surface area contributed by atoms with Gasteiger partial charge in [-0.15, -0.1) is 0 Å². The first kappa shape index (κ1) is 10.8. The van der Waals surface area contributed by atoms with E-state index < -0.39 is 21.3 Å². The molecule has 0 saturated carbocycles. The molecule has 0 amide bonds. The summed E-state index contributed by atoms with van der Waals surface area (Å²) in [5.41, 5.74) is 0. The largest absolute Gasteiger partial charge is 0.336 e. The topological polar surface area (TPSA) is 34.1 Å². The highest BCUT2D eigenvalue weighted by Crippen LogP contribution is 2.08. The molecule has 0 saturated heterocycles. The summed E-state index contributed by atoms with van der Waals surface area (Å²) in [5.74, 6) is -3.66. The van der Waals surface area contributed by atoms with Gasteiger partial charge in [0.1, 0.15) is 0 Å². The SMILES string of the molecule is [CH2]CCCCS(=O)(=O)C(F)F. The quantitative estimate of drug-likeness (QED) is 0.610. The van der Waals surface area contributed by atoms with Gasteiger partial charge in [0.15, 0.2) is 0 Å². The van der Waals surface area contributed by atoms with Crippen LogP contribution in [0.3, 0.4) is 0 Å². The Balaban J connectivity index is 3.75. The molecule has 0 aromatic rings. The molecule has 67 valence electrons. The lowest BCUT2D eigenvalue weighted by atomic mass is 10.3. The second kappa shape index (κ2) is 4.64. The average Bonchev–Trinajstić information content (AvgIpc) is 1.88. The third-order valence-electron chi connectivity index (χ3n) is 1.20. The third-order valence-corrected chi connectivity index (χ3v) is 2.60. The molecule has 0 atom stereocenters. The Kier molecular flexibility index (Phi) is 4.56. The van der Waals surface area contributed by atoms with Gasteiger partial charge in [0.2, 0.25) is 9.84 Å². The predicted molar refractivity (Wildman–Crippen MR) is 39.0 cm³/mol. The predicted octanol–water partition coefficient (Wildman–Crippen LogP) is 1.63. The highest BCUT2D eigenvalue weighted by atomic mass is 32.2. The Hall–Kier alpha value is -0.190. The minimum Gasteiger partial charge on any atom is -0.223 e. The zero-order valence-corrected chi connectivity index (χ0v) is 6.91. The molecular formula is C6H11F2O2S. The maximum Gasteiger partial charge on any atom is 0.336 e. The van der Waals surface area contributed by atoms with Crippen molar-refractivity contribution in [2.45, 2.75) is 25.0 Å². The molecule has 0 aliphatic rings. The van der Waals surface area contributed by atoms with Gasteiger partial charge in [0.05, 0.1) is 5.75 Å². The van der Waals surface area contributed by atoms with E-state index >= 15 is 0 Å². The van der Waals surface area contributed by atoms with Gasteiger partial charge in [0, 0.05) is 0 Å². The van der Waals surface area contributed by atoms with Gasteiger partial charge in [-0.1, -0.05) is 19.8 Å². The van der Waals surface area contributed by atoms with E-state index in [2.05, 4.69) is 6.92 Å². The number of hydrogen-bond acceptors (Lipinski definition) is 2. The lowest BCUT2D eigenvalue weighted by molar-refractivity contribution is 0.234. The summed E-state index contributed by atoms with van der Waals surface area (Å²) in [5, 5.41) is 0. The summed E-state index contributed by atoms with van der Waals surface area (Å²) in [6, 6.07) is 0. The lowest BCUT2D eigenvalue weighted by Gasteiger charge is -2.00. The number of hydrogen-bond donors (Lipinski definition) is 0. The van der Waals surface area contributed by atoms with Crippen molar-refractivity contribution in [3.05, 3.63) is 6.92 Å². The first-order valence-corrected chi connectivity index (χ1v) is 5.01. The molecule has 2 nitrogen and oxygen atoms in total. The fourth-order valence-corrected chi connectivity index (χ4v) is 1.35. The van der Waals surface area contributed by atoms with E-state index in [4.69, 9.17) is 0 Å². The summed E-state index contributed by atoms with van der Waals surface area (Å²) in [4.78, 5) is 0. The molecule has 0 aliphatic carbocycles. The second-order valence-corrected chi connectivity index (χ2v) is 4.28. The van der Waals surface area contributed by atoms with E-state index in [1.807, 2.05) is 0 Å². The zero-order valence-electron chi connectivity index (χ0n) is 6.09. The second-order valence-electron chi connectivity index (χ2n) is 2.19. The molecule has 0 fully saturated rings. The van der Waals surface area contributed by atoms with Gasteiger partial charge < -0.3 is 0 Å². The number of rotatable bonds is 5. The van der Waals surface area contributed by atoms with Crippen LogP contribution in [0.4, 0.5) is 8.78 Å². The molecular weight excluding hydrogens is 174 g/mol. The molecule has 0 spiro atoms. The number of sulfone groups is 1. The third kappa shape index (κ3) is 4.29. The Morgan fingerprint density at radius 1 is 1.27 bits per heavy atom. The molecule has 1 radical (unpaired) electrons. The summed E-state index contributed by atoms with van der Waals surface area (Å²) >= 11 is 0. The van der Waals surface area contributed by atoms with Crippen LogP contribution < -0.4 is 0 Å². The molecule has 0 aromatic carbocycles. The molecule has 0 aromatic heterocycles. The molecule has 0 N–H and O–H groups in total. The van der Waals surface area contributed by atoms with E-state index in [9.17, 15) is 17.2 Å². The average molecular weight is 185 g/mol. The Morgan fingerprint density at radius 2 is 1.82 bits per heavy atom. The van der Waals surface area contributed by atoms with Gasteiger partial charge in [-0.25, -0.2) is 8.42 Å². The lowest BCUT2D eigenvalue weighted by Crippen LogP contribution is -2.15. The maximum absolute atomic E-state index is 11.6. The number of unbranched alkanes of at least 4 members (excludes halogenated alkanes) is 2. The van der Waals surface area contributed by atoms with Crippen LogP contribution in [0.5, 0.6) is 0 Å². The van der Waals surface area contributed by atoms with Crippen LogP contribution in [-0.4, -0.2) is 19.9 Å². The van der Waals surface area contributed by atoms with Gasteiger partial charge in [-0.3, -0.25) is 0 Å². The van der Waals surface area contributed by atoms with Gasteiger partial charge in [0.25, 0.3) is 0 Å². The van der Waals surface area contributed by atoms with E-state index in [1.165, 1.54) is 0 Å². The highest BCUT2D eigenvalue weighted by molar-refractivity contribution is 7.91. The normalized spacial score (nSPS) is 12.4. The van der Waals surface area contributed by atoms with Crippen molar-refractivity contribution < 1.29 is 17.2 Å². The molecule has 0 bridgehead atoms. The molecule has 11 heavy (non-hydrogen) atoms. The summed E-state index contributed by atoms with van der Waals surface area (Å²) in [6.07, 6.45) is 1.43. The van der Waals surface area contributed by atoms with Crippen molar-refractivity contribution in [3.8, 4) is 0 Å². The van der Waals surface area contributed by atoms with Crippen molar-refractivity contribution in [1.82, 2.24) is 0 Å². The van der Waals surface area contributed by atoms with Crippen LogP contribution in [0.15, 0.2) is 0 Å². The van der Waals surface area contributed by atoms with E-state index in [1.54, 1.807) is 0 Å². The molecule has 5 heteroatoms. The summed E-state index contributed by atoms with van der Waals surface area (Å²) in [6.45, 7) is 3.47. The smallest absolute Gasteiger partial charge is 0.223 e. The minimum absolute atomic E-state index is 0.274. The Morgan fingerprint density at radius 3 is 2.18 bits per heavy atom. The fraction of sp³-hybridized carbons (Fsp3) is 0.833. The van der Waals surface area contributed by atoms with Gasteiger partial charge in [-0.05, 0) is 6.42 Å². The van der Waals surface area contributed by atoms with Crippen molar-refractivity contribution >= 4 is 9.84 Å². The Labute approximate surface area is 65.5 Å². The van der Waals surface area contributed by atoms with Crippen molar-refractivity contribution in [2.24, 2.45) is 0 Å². The van der Waals surface area contributed by atoms with E-state index in [-0.39, 0.29) is 6.42 Å². The maximum atomic E-state index is 11.6. The van der Waals surface area contributed by atoms with Crippen molar-refractivity contribution in [3.63, 3.8) is 0 Å². The van der Waals surface area contributed by atoms with Crippen LogP contribution in [0.1, 0.15) is 19.3 Å². The van der Waals surface area contributed by atoms with E-state index in [0.717, 1.165) is 0 Å². The summed E-state index contributed by atoms with van der Waals surface area (Å²) in [7, 11) is -4.13. The van der Waals surface area contributed by atoms with Crippen molar-refractivity contribution in [1.29, 1.82) is 0 Å². The molecule has 0 heterocycles. The van der Waals surface area contributed by atoms with Crippen LogP contribution in [0.2, 0.25) is 0 Å². The number of alkyl halides is 2. The van der Waals surface area contributed by atoms with Crippen LogP contribution in [0.25, 0.3) is 0 Å². The number of halogens is 2. The summed E-state index contributed by atoms with van der Waals surface area (Å²) < 4.78 is 44.1. The van der Waals surface area contributed by atoms with Crippen LogP contribution in [-0.2, 0) is 9.84 Å². The van der Waals surface area contributed by atoms with Crippen LogP contribution >= 0.6 is 0 Å². The van der Waals surface area contributed by atoms with Gasteiger partial charge in [-0.2, -0.15) is 8.78 Å². The zero-order chi connectivity index (χ0) is 8.91. The molecule has 0 aliphatic heterocycles. The first-order chi connectivity index (χ1) is 5.00. The minimum atomic E-state index is -4.13. The molecule has 0 unspecified atom stereocenters. The van der Waals surface area contributed by atoms with E-state index in [0.29, 0.717) is 12.8 Å². The highest BCUT2D eigenvalue weighted by Gasteiger charge is 2.22. The van der Waals surface area contributed by atoms with Gasteiger partial charge >= 0.3 is 5.76 Å². The van der Waals surface area contributed by atoms with Crippen molar-refractivity contribution in [2.75, 3.05) is 5.75 Å². The first-order valence-electron chi connectivity index (χ1n) is 3.29. The monoisotopic (exact) mass is 185 g/mol. The molecule has 0 rings (SSSR count). The Bertz CT molecular complexity index is 187. The van der Waals surface area contributed by atoms with Crippen LogP contribution in [0, 0.1) is 6.92 Å².